The van der Waals surface area contributed by atoms with Crippen molar-refractivity contribution in [2.45, 2.75) is 51.7 Å². The Kier molecular flexibility index (Phi) is 4.98. The van der Waals surface area contributed by atoms with E-state index in [1.54, 1.807) is 0 Å². The van der Waals surface area contributed by atoms with Gasteiger partial charge >= 0.3 is 0 Å². The Morgan fingerprint density at radius 1 is 1.07 bits per heavy atom. The highest BCUT2D eigenvalue weighted by Crippen LogP contribution is 2.34. The number of aromatic nitrogens is 4. The Bertz CT molecular complexity index is 948. The second kappa shape index (κ2) is 7.43. The van der Waals surface area contributed by atoms with Gasteiger partial charge in [0.25, 0.3) is 0 Å². The number of halogens is 1. The van der Waals surface area contributed by atoms with E-state index in [1.807, 2.05) is 16.8 Å². The van der Waals surface area contributed by atoms with Crippen LogP contribution in [0, 0.1) is 5.82 Å². The monoisotopic (exact) mass is 379 g/mol. The summed E-state index contributed by atoms with van der Waals surface area (Å²) in [5, 5.41) is 12.7. The standard InChI is InChI=1S/C22H26FN5/c1-4-22(2,3)28-21(24-25-26-28)20(17-9-11-19(23)12-10-17)27-14-13-16-7-5-6-8-18(16)15-27/h5-12,20H,4,13-15H2,1-3H3/t20-/m0/s1. The van der Waals surface area contributed by atoms with Gasteiger partial charge in [-0.1, -0.05) is 43.3 Å². The molecule has 0 spiro atoms. The number of fused-ring (bicyclic) bond motifs is 1. The zero-order chi connectivity index (χ0) is 19.7. The van der Waals surface area contributed by atoms with Crippen LogP contribution in [-0.2, 0) is 18.5 Å². The Balaban J connectivity index is 1.79. The quantitative estimate of drug-likeness (QED) is 0.669. The first-order chi connectivity index (χ1) is 13.5. The normalized spacial score (nSPS) is 16.0. The summed E-state index contributed by atoms with van der Waals surface area (Å²) < 4.78 is 15.5. The molecule has 1 atom stereocenters. The molecule has 4 rings (SSSR count). The molecule has 0 bridgehead atoms. The molecule has 0 unspecified atom stereocenters. The van der Waals surface area contributed by atoms with Gasteiger partial charge in [0.15, 0.2) is 5.82 Å². The van der Waals surface area contributed by atoms with Crippen LogP contribution in [0.25, 0.3) is 0 Å². The van der Waals surface area contributed by atoms with Gasteiger partial charge in [0.2, 0.25) is 0 Å². The molecule has 1 aliphatic rings. The fourth-order valence-corrected chi connectivity index (χ4v) is 3.85. The number of benzene rings is 2. The van der Waals surface area contributed by atoms with Gasteiger partial charge in [0.05, 0.1) is 11.6 Å². The number of rotatable bonds is 5. The number of tetrazole rings is 1. The molecular formula is C22H26FN5. The third-order valence-electron chi connectivity index (χ3n) is 5.89. The molecule has 0 amide bonds. The van der Waals surface area contributed by atoms with Crippen LogP contribution in [0.15, 0.2) is 48.5 Å². The highest BCUT2D eigenvalue weighted by atomic mass is 19.1. The van der Waals surface area contributed by atoms with E-state index in [2.05, 4.69) is 65.5 Å². The Morgan fingerprint density at radius 3 is 2.50 bits per heavy atom. The molecule has 146 valence electrons. The van der Waals surface area contributed by atoms with E-state index in [0.717, 1.165) is 37.3 Å². The number of hydrogen-bond acceptors (Lipinski definition) is 4. The third-order valence-corrected chi connectivity index (χ3v) is 5.89. The van der Waals surface area contributed by atoms with Gasteiger partial charge in [-0.15, -0.1) is 5.10 Å². The van der Waals surface area contributed by atoms with Crippen molar-refractivity contribution in [3.63, 3.8) is 0 Å². The largest absolute Gasteiger partial charge is 0.285 e. The van der Waals surface area contributed by atoms with E-state index < -0.39 is 0 Å². The van der Waals surface area contributed by atoms with Crippen LogP contribution in [0.5, 0.6) is 0 Å². The van der Waals surface area contributed by atoms with Crippen molar-refractivity contribution in [2.24, 2.45) is 0 Å². The number of nitrogens with zero attached hydrogens (tertiary/aromatic N) is 5. The van der Waals surface area contributed by atoms with Gasteiger partial charge in [0, 0.05) is 13.1 Å². The summed E-state index contributed by atoms with van der Waals surface area (Å²) in [4.78, 5) is 2.39. The lowest BCUT2D eigenvalue weighted by molar-refractivity contribution is 0.181. The Hall–Kier alpha value is -2.60. The average molecular weight is 379 g/mol. The maximum atomic E-state index is 13.6. The van der Waals surface area contributed by atoms with E-state index in [-0.39, 0.29) is 17.4 Å². The summed E-state index contributed by atoms with van der Waals surface area (Å²) in [5.74, 6) is 0.567. The first kappa shape index (κ1) is 18.7. The molecule has 28 heavy (non-hydrogen) atoms. The summed E-state index contributed by atoms with van der Waals surface area (Å²) in [5.41, 5.74) is 3.52. The predicted molar refractivity (Wildman–Crippen MR) is 106 cm³/mol. The fraction of sp³-hybridized carbons (Fsp3) is 0.409. The van der Waals surface area contributed by atoms with E-state index in [1.165, 1.54) is 23.3 Å². The Labute approximate surface area is 165 Å². The second-order valence-electron chi connectivity index (χ2n) is 8.06. The summed E-state index contributed by atoms with van der Waals surface area (Å²) in [6.07, 6.45) is 1.89. The summed E-state index contributed by atoms with van der Waals surface area (Å²) in [7, 11) is 0. The molecule has 0 saturated heterocycles. The third kappa shape index (κ3) is 3.44. The molecule has 5 nitrogen and oxygen atoms in total. The lowest BCUT2D eigenvalue weighted by Crippen LogP contribution is -2.38. The van der Waals surface area contributed by atoms with Crippen molar-refractivity contribution in [1.29, 1.82) is 0 Å². The molecule has 1 aliphatic heterocycles. The summed E-state index contributed by atoms with van der Waals surface area (Å²) in [6.45, 7) is 8.13. The first-order valence-electron chi connectivity index (χ1n) is 9.84. The minimum Gasteiger partial charge on any atom is -0.285 e. The zero-order valence-corrected chi connectivity index (χ0v) is 16.6. The van der Waals surface area contributed by atoms with Gasteiger partial charge in [-0.25, -0.2) is 9.07 Å². The van der Waals surface area contributed by atoms with Crippen LogP contribution in [0.4, 0.5) is 4.39 Å². The van der Waals surface area contributed by atoms with Crippen molar-refractivity contribution < 1.29 is 4.39 Å². The SMILES string of the molecule is CCC(C)(C)n1nnnc1[C@H](c1ccc(F)cc1)N1CCc2ccccc2C1. The van der Waals surface area contributed by atoms with E-state index in [0.29, 0.717) is 0 Å². The minimum absolute atomic E-state index is 0.130. The molecule has 0 fully saturated rings. The van der Waals surface area contributed by atoms with Crippen molar-refractivity contribution in [1.82, 2.24) is 25.1 Å². The fourth-order valence-electron chi connectivity index (χ4n) is 3.85. The molecule has 6 heteroatoms. The summed E-state index contributed by atoms with van der Waals surface area (Å²) in [6, 6.07) is 15.1. The van der Waals surface area contributed by atoms with Gasteiger partial charge in [-0.2, -0.15) is 0 Å². The maximum Gasteiger partial charge on any atom is 0.173 e. The molecular weight excluding hydrogens is 353 g/mol. The molecule has 1 aromatic heterocycles. The lowest BCUT2D eigenvalue weighted by Gasteiger charge is -2.36. The molecule has 0 N–H and O–H groups in total. The number of hydrogen-bond donors (Lipinski definition) is 0. The van der Waals surface area contributed by atoms with Crippen LogP contribution >= 0.6 is 0 Å². The van der Waals surface area contributed by atoms with Crippen molar-refractivity contribution in [3.05, 3.63) is 76.9 Å². The van der Waals surface area contributed by atoms with Gasteiger partial charge in [-0.3, -0.25) is 4.90 Å². The molecule has 0 radical (unpaired) electrons. The zero-order valence-electron chi connectivity index (χ0n) is 16.6. The minimum atomic E-state index is -0.236. The highest BCUT2D eigenvalue weighted by Gasteiger charge is 2.34. The van der Waals surface area contributed by atoms with Gasteiger partial charge in [0.1, 0.15) is 5.82 Å². The molecule has 3 aromatic rings. The van der Waals surface area contributed by atoms with E-state index in [9.17, 15) is 4.39 Å². The highest BCUT2D eigenvalue weighted by molar-refractivity contribution is 5.32. The van der Waals surface area contributed by atoms with Crippen LogP contribution in [0.1, 0.15) is 55.7 Å². The average Bonchev–Trinajstić information content (AvgIpc) is 3.20. The van der Waals surface area contributed by atoms with Crippen molar-refractivity contribution >= 4 is 0 Å². The predicted octanol–water partition coefficient (Wildman–Crippen LogP) is 4.11. The smallest absolute Gasteiger partial charge is 0.173 e. The van der Waals surface area contributed by atoms with Crippen LogP contribution in [-0.4, -0.2) is 31.7 Å². The first-order valence-corrected chi connectivity index (χ1v) is 9.84. The molecule has 0 aliphatic carbocycles. The van der Waals surface area contributed by atoms with E-state index in [4.69, 9.17) is 0 Å². The second-order valence-corrected chi connectivity index (χ2v) is 8.06. The topological polar surface area (TPSA) is 46.8 Å². The summed E-state index contributed by atoms with van der Waals surface area (Å²) >= 11 is 0. The van der Waals surface area contributed by atoms with Crippen LogP contribution in [0.2, 0.25) is 0 Å². The van der Waals surface area contributed by atoms with Crippen LogP contribution in [0.3, 0.4) is 0 Å². The Morgan fingerprint density at radius 2 is 1.79 bits per heavy atom. The van der Waals surface area contributed by atoms with E-state index >= 15 is 0 Å². The van der Waals surface area contributed by atoms with Gasteiger partial charge in [-0.05, 0) is 65.9 Å². The van der Waals surface area contributed by atoms with Crippen molar-refractivity contribution in [2.75, 3.05) is 6.54 Å². The maximum absolute atomic E-state index is 13.6. The molecule has 2 heterocycles. The van der Waals surface area contributed by atoms with Gasteiger partial charge < -0.3 is 0 Å². The van der Waals surface area contributed by atoms with Crippen LogP contribution < -0.4 is 0 Å². The lowest BCUT2D eigenvalue weighted by atomic mass is 9.95. The van der Waals surface area contributed by atoms with Crippen molar-refractivity contribution in [3.8, 4) is 0 Å². The molecule has 0 saturated carbocycles. The molecule has 2 aromatic carbocycles.